The quantitative estimate of drug-likeness (QED) is 0.670. The number of morpholine rings is 1. The van der Waals surface area contributed by atoms with Gasteiger partial charge < -0.3 is 14.8 Å². The van der Waals surface area contributed by atoms with Crippen LogP contribution in [-0.2, 0) is 9.47 Å². The molecule has 0 aromatic heterocycles. The minimum Gasteiger partial charge on any atom is -0.381 e. The maximum absolute atomic E-state index is 5.32. The lowest BCUT2D eigenvalue weighted by Gasteiger charge is -2.35. The maximum atomic E-state index is 5.32. The summed E-state index contributed by atoms with van der Waals surface area (Å²) in [7, 11) is 1.80. The lowest BCUT2D eigenvalue weighted by Crippen LogP contribution is -2.46. The third-order valence-corrected chi connectivity index (χ3v) is 3.62. The summed E-state index contributed by atoms with van der Waals surface area (Å²) >= 11 is 0. The first-order valence-electron chi connectivity index (χ1n) is 6.45. The van der Waals surface area contributed by atoms with Crippen LogP contribution in [-0.4, -0.2) is 63.5 Å². The molecule has 4 heteroatoms. The summed E-state index contributed by atoms with van der Waals surface area (Å²) in [6, 6.07) is 0.703. The third kappa shape index (κ3) is 3.70. The zero-order valence-electron chi connectivity index (χ0n) is 10.3. The Hall–Kier alpha value is -0.160. The van der Waals surface area contributed by atoms with Crippen LogP contribution < -0.4 is 5.32 Å². The molecule has 0 unspecified atom stereocenters. The van der Waals surface area contributed by atoms with Crippen LogP contribution >= 0.6 is 0 Å². The highest BCUT2D eigenvalue weighted by Crippen LogP contribution is 2.22. The Morgan fingerprint density at radius 1 is 1.31 bits per heavy atom. The Morgan fingerprint density at radius 3 is 2.75 bits per heavy atom. The number of rotatable bonds is 6. The van der Waals surface area contributed by atoms with Gasteiger partial charge in [-0.2, -0.15) is 0 Å². The van der Waals surface area contributed by atoms with E-state index in [1.807, 2.05) is 0 Å². The predicted molar refractivity (Wildman–Crippen MR) is 63.7 cm³/mol. The van der Waals surface area contributed by atoms with Gasteiger partial charge in [0.05, 0.1) is 19.3 Å². The van der Waals surface area contributed by atoms with E-state index in [0.717, 1.165) is 32.8 Å². The molecule has 1 heterocycles. The van der Waals surface area contributed by atoms with E-state index in [4.69, 9.17) is 9.47 Å². The fourth-order valence-electron chi connectivity index (χ4n) is 2.36. The van der Waals surface area contributed by atoms with E-state index >= 15 is 0 Å². The molecule has 1 aliphatic heterocycles. The van der Waals surface area contributed by atoms with Gasteiger partial charge in [-0.1, -0.05) is 0 Å². The van der Waals surface area contributed by atoms with E-state index < -0.39 is 0 Å². The summed E-state index contributed by atoms with van der Waals surface area (Å²) in [5.74, 6) is 0. The van der Waals surface area contributed by atoms with E-state index in [9.17, 15) is 0 Å². The highest BCUT2D eigenvalue weighted by Gasteiger charge is 2.27. The Morgan fingerprint density at radius 2 is 2.06 bits per heavy atom. The van der Waals surface area contributed by atoms with Gasteiger partial charge in [0, 0.05) is 26.2 Å². The second kappa shape index (κ2) is 6.55. The van der Waals surface area contributed by atoms with Gasteiger partial charge in [-0.25, -0.2) is 0 Å². The molecule has 2 rings (SSSR count). The van der Waals surface area contributed by atoms with Crippen molar-refractivity contribution in [1.82, 2.24) is 10.2 Å². The van der Waals surface area contributed by atoms with Gasteiger partial charge in [0.1, 0.15) is 0 Å². The largest absolute Gasteiger partial charge is 0.381 e. The topological polar surface area (TPSA) is 33.7 Å². The van der Waals surface area contributed by atoms with Crippen molar-refractivity contribution in [3.63, 3.8) is 0 Å². The van der Waals surface area contributed by atoms with Gasteiger partial charge in [-0.3, -0.25) is 4.90 Å². The van der Waals surface area contributed by atoms with Crippen LogP contribution in [0.4, 0.5) is 0 Å². The lowest BCUT2D eigenvalue weighted by molar-refractivity contribution is 0.0163. The fourth-order valence-corrected chi connectivity index (χ4v) is 2.36. The van der Waals surface area contributed by atoms with Crippen LogP contribution in [0.1, 0.15) is 19.3 Å². The standard InChI is InChI=1S/C12H24N2O2/c1-15-12-9-11(10-12)13-3-2-4-14-5-7-16-8-6-14/h11-13H,2-10H2,1H3. The molecule has 94 valence electrons. The molecular weight excluding hydrogens is 204 g/mol. The first-order chi connectivity index (χ1) is 7.88. The fraction of sp³-hybridized carbons (Fsp3) is 1.00. The van der Waals surface area contributed by atoms with E-state index in [0.29, 0.717) is 12.1 Å². The van der Waals surface area contributed by atoms with E-state index in [1.54, 1.807) is 7.11 Å². The summed E-state index contributed by atoms with van der Waals surface area (Å²) < 4.78 is 10.6. The van der Waals surface area contributed by atoms with Crippen LogP contribution in [0.25, 0.3) is 0 Å². The molecule has 1 N–H and O–H groups in total. The van der Waals surface area contributed by atoms with Gasteiger partial charge >= 0.3 is 0 Å². The average molecular weight is 228 g/mol. The van der Waals surface area contributed by atoms with Crippen molar-refractivity contribution in [2.75, 3.05) is 46.5 Å². The highest BCUT2D eigenvalue weighted by atomic mass is 16.5. The Bertz CT molecular complexity index is 189. The molecular formula is C12H24N2O2. The molecule has 0 aromatic rings. The molecule has 2 fully saturated rings. The van der Waals surface area contributed by atoms with Crippen molar-refractivity contribution in [2.24, 2.45) is 0 Å². The van der Waals surface area contributed by atoms with Crippen molar-refractivity contribution in [1.29, 1.82) is 0 Å². The number of hydrogen-bond donors (Lipinski definition) is 1. The molecule has 0 radical (unpaired) electrons. The summed E-state index contributed by atoms with van der Waals surface area (Å²) in [4.78, 5) is 2.49. The van der Waals surface area contributed by atoms with Gasteiger partial charge in [0.15, 0.2) is 0 Å². The van der Waals surface area contributed by atoms with Crippen molar-refractivity contribution in [3.8, 4) is 0 Å². The first kappa shape index (κ1) is 12.3. The number of methoxy groups -OCH3 is 1. The van der Waals surface area contributed by atoms with Crippen molar-refractivity contribution in [2.45, 2.75) is 31.4 Å². The average Bonchev–Trinajstić information content (AvgIpc) is 2.28. The molecule has 0 spiro atoms. The summed E-state index contributed by atoms with van der Waals surface area (Å²) in [5.41, 5.74) is 0. The van der Waals surface area contributed by atoms with Crippen molar-refractivity contribution >= 4 is 0 Å². The molecule has 2 aliphatic rings. The monoisotopic (exact) mass is 228 g/mol. The van der Waals surface area contributed by atoms with Crippen molar-refractivity contribution < 1.29 is 9.47 Å². The van der Waals surface area contributed by atoms with E-state index in [-0.39, 0.29) is 0 Å². The molecule has 1 saturated carbocycles. The second-order valence-electron chi connectivity index (χ2n) is 4.79. The van der Waals surface area contributed by atoms with E-state index in [2.05, 4.69) is 10.2 Å². The molecule has 1 saturated heterocycles. The molecule has 0 aromatic carbocycles. The molecule has 0 bridgehead atoms. The minimum atomic E-state index is 0.511. The summed E-state index contributed by atoms with van der Waals surface area (Å²) in [5, 5.41) is 3.59. The zero-order valence-corrected chi connectivity index (χ0v) is 10.3. The molecule has 0 atom stereocenters. The SMILES string of the molecule is COC1CC(NCCCN2CCOCC2)C1. The van der Waals surface area contributed by atoms with Gasteiger partial charge in [-0.15, -0.1) is 0 Å². The molecule has 4 nitrogen and oxygen atoms in total. The summed E-state index contributed by atoms with van der Waals surface area (Å²) in [6.45, 7) is 6.37. The Kier molecular flexibility index (Phi) is 5.03. The molecule has 0 amide bonds. The zero-order chi connectivity index (χ0) is 11.2. The lowest BCUT2D eigenvalue weighted by atomic mass is 9.89. The van der Waals surface area contributed by atoms with Gasteiger partial charge in [0.2, 0.25) is 0 Å². The van der Waals surface area contributed by atoms with Crippen LogP contribution in [0.3, 0.4) is 0 Å². The Balaban J connectivity index is 1.43. The second-order valence-corrected chi connectivity index (χ2v) is 4.79. The molecule has 16 heavy (non-hydrogen) atoms. The first-order valence-corrected chi connectivity index (χ1v) is 6.45. The van der Waals surface area contributed by atoms with Crippen molar-refractivity contribution in [3.05, 3.63) is 0 Å². The van der Waals surface area contributed by atoms with Gasteiger partial charge in [-0.05, 0) is 32.4 Å². The number of hydrogen-bond acceptors (Lipinski definition) is 4. The smallest absolute Gasteiger partial charge is 0.0601 e. The van der Waals surface area contributed by atoms with Crippen LogP contribution in [0.5, 0.6) is 0 Å². The van der Waals surface area contributed by atoms with Crippen LogP contribution in [0, 0.1) is 0 Å². The third-order valence-electron chi connectivity index (χ3n) is 3.62. The van der Waals surface area contributed by atoms with Crippen LogP contribution in [0.2, 0.25) is 0 Å². The van der Waals surface area contributed by atoms with E-state index in [1.165, 1.54) is 25.8 Å². The minimum absolute atomic E-state index is 0.511. The Labute approximate surface area is 98.3 Å². The maximum Gasteiger partial charge on any atom is 0.0601 e. The number of ether oxygens (including phenoxy) is 2. The van der Waals surface area contributed by atoms with Crippen LogP contribution in [0.15, 0.2) is 0 Å². The predicted octanol–water partition coefficient (Wildman–Crippen LogP) is 0.476. The highest BCUT2D eigenvalue weighted by molar-refractivity contribution is 4.85. The van der Waals surface area contributed by atoms with Gasteiger partial charge in [0.25, 0.3) is 0 Å². The normalized spacial score (nSPS) is 31.3. The molecule has 1 aliphatic carbocycles. The number of nitrogens with one attached hydrogen (secondary N) is 1. The number of nitrogens with zero attached hydrogens (tertiary/aromatic N) is 1. The summed E-state index contributed by atoms with van der Waals surface area (Å²) in [6.07, 6.45) is 4.13.